The Hall–Kier alpha value is -1.35. The van der Waals surface area contributed by atoms with E-state index in [4.69, 9.17) is 0 Å². The van der Waals surface area contributed by atoms with Crippen LogP contribution in [0, 0.1) is 5.92 Å². The van der Waals surface area contributed by atoms with Gasteiger partial charge in [-0.25, -0.2) is 4.98 Å². The molecule has 1 aromatic carbocycles. The van der Waals surface area contributed by atoms with Crippen molar-refractivity contribution in [3.8, 4) is 0 Å². The van der Waals surface area contributed by atoms with Crippen molar-refractivity contribution in [1.82, 2.24) is 14.9 Å². The molecule has 3 heteroatoms. The average molecular weight is 245 g/mol. The van der Waals surface area contributed by atoms with Crippen LogP contribution in [0.5, 0.6) is 0 Å². The van der Waals surface area contributed by atoms with Gasteiger partial charge >= 0.3 is 0 Å². The molecule has 0 aliphatic rings. The van der Waals surface area contributed by atoms with Gasteiger partial charge in [0.15, 0.2) is 0 Å². The third-order valence-corrected chi connectivity index (χ3v) is 3.11. The Balaban J connectivity index is 2.10. The smallest absolute Gasteiger partial charge is 0.109 e. The lowest BCUT2D eigenvalue weighted by atomic mass is 10.2. The topological polar surface area (TPSA) is 29.9 Å². The number of nitrogens with one attached hydrogen (secondary N) is 1. The zero-order valence-corrected chi connectivity index (χ0v) is 11.6. The van der Waals surface area contributed by atoms with Crippen LogP contribution in [0.4, 0.5) is 0 Å². The van der Waals surface area contributed by atoms with Gasteiger partial charge < -0.3 is 9.88 Å². The van der Waals surface area contributed by atoms with Gasteiger partial charge in [-0.2, -0.15) is 0 Å². The number of nitrogens with zero attached hydrogens (tertiary/aromatic N) is 2. The Kier molecular flexibility index (Phi) is 4.37. The molecule has 98 valence electrons. The zero-order chi connectivity index (χ0) is 13.0. The molecule has 0 fully saturated rings. The van der Waals surface area contributed by atoms with Crippen LogP contribution in [0.2, 0.25) is 0 Å². The van der Waals surface area contributed by atoms with Gasteiger partial charge in [0.2, 0.25) is 0 Å². The summed E-state index contributed by atoms with van der Waals surface area (Å²) in [4.78, 5) is 4.68. The van der Waals surface area contributed by atoms with E-state index >= 15 is 0 Å². The lowest BCUT2D eigenvalue weighted by Gasteiger charge is -2.10. The van der Waals surface area contributed by atoms with E-state index in [0.717, 1.165) is 31.6 Å². The summed E-state index contributed by atoms with van der Waals surface area (Å²) in [6, 6.07) is 8.38. The molecule has 0 amide bonds. The molecule has 2 aromatic rings. The molecule has 0 bridgehead atoms. The number of hydrogen-bond acceptors (Lipinski definition) is 2. The summed E-state index contributed by atoms with van der Waals surface area (Å²) in [7, 11) is 0. The largest absolute Gasteiger partial charge is 0.327 e. The summed E-state index contributed by atoms with van der Waals surface area (Å²) in [5, 5.41) is 3.49. The molecule has 0 spiro atoms. The van der Waals surface area contributed by atoms with E-state index in [2.05, 4.69) is 59.9 Å². The molecule has 0 unspecified atom stereocenters. The van der Waals surface area contributed by atoms with E-state index in [1.807, 2.05) is 0 Å². The summed E-state index contributed by atoms with van der Waals surface area (Å²) in [6.07, 6.45) is 0.985. The molecular formula is C15H23N3. The van der Waals surface area contributed by atoms with Crippen LogP contribution in [0.25, 0.3) is 11.0 Å². The Bertz CT molecular complexity index is 499. The van der Waals surface area contributed by atoms with Crippen molar-refractivity contribution in [3.05, 3.63) is 30.1 Å². The second-order valence-electron chi connectivity index (χ2n) is 5.12. The highest BCUT2D eigenvalue weighted by atomic mass is 15.1. The molecule has 1 N–H and O–H groups in total. The number of hydrogen-bond donors (Lipinski definition) is 1. The second-order valence-corrected chi connectivity index (χ2v) is 5.12. The lowest BCUT2D eigenvalue weighted by molar-refractivity contribution is 0.523. The van der Waals surface area contributed by atoms with Crippen molar-refractivity contribution in [1.29, 1.82) is 0 Å². The molecule has 0 saturated heterocycles. The number of aryl methyl sites for hydroxylation is 1. The van der Waals surface area contributed by atoms with E-state index in [-0.39, 0.29) is 0 Å². The fourth-order valence-electron chi connectivity index (χ4n) is 2.23. The first kappa shape index (κ1) is 13.1. The summed E-state index contributed by atoms with van der Waals surface area (Å²) in [6.45, 7) is 9.71. The third-order valence-electron chi connectivity index (χ3n) is 3.11. The number of rotatable bonds is 6. The van der Waals surface area contributed by atoms with Gasteiger partial charge in [-0.05, 0) is 24.6 Å². The fourth-order valence-corrected chi connectivity index (χ4v) is 2.23. The molecule has 1 heterocycles. The maximum Gasteiger partial charge on any atom is 0.109 e. The van der Waals surface area contributed by atoms with Gasteiger partial charge in [0, 0.05) is 19.5 Å². The Labute approximate surface area is 109 Å². The van der Waals surface area contributed by atoms with Gasteiger partial charge in [-0.1, -0.05) is 32.9 Å². The number of aromatic nitrogens is 2. The summed E-state index contributed by atoms with van der Waals surface area (Å²) < 4.78 is 2.34. The Morgan fingerprint density at radius 3 is 2.78 bits per heavy atom. The molecule has 0 aliphatic carbocycles. The molecule has 18 heavy (non-hydrogen) atoms. The van der Waals surface area contributed by atoms with Gasteiger partial charge in [0.1, 0.15) is 5.82 Å². The molecule has 0 aliphatic heterocycles. The first-order valence-corrected chi connectivity index (χ1v) is 6.87. The fraction of sp³-hybridized carbons (Fsp3) is 0.533. The van der Waals surface area contributed by atoms with Gasteiger partial charge in [-0.3, -0.25) is 0 Å². The van der Waals surface area contributed by atoms with E-state index < -0.39 is 0 Å². The van der Waals surface area contributed by atoms with E-state index in [1.165, 1.54) is 11.3 Å². The molecule has 2 rings (SSSR count). The number of para-hydroxylation sites is 2. The maximum atomic E-state index is 4.68. The highest BCUT2D eigenvalue weighted by Gasteiger charge is 2.07. The number of fused-ring (bicyclic) bond motifs is 1. The number of imidazole rings is 1. The van der Waals surface area contributed by atoms with Crippen LogP contribution < -0.4 is 5.32 Å². The monoisotopic (exact) mass is 245 g/mol. The van der Waals surface area contributed by atoms with E-state index in [0.29, 0.717) is 5.92 Å². The molecular weight excluding hydrogens is 222 g/mol. The predicted molar refractivity (Wildman–Crippen MR) is 76.8 cm³/mol. The van der Waals surface area contributed by atoms with E-state index in [1.54, 1.807) is 0 Å². The highest BCUT2D eigenvalue weighted by Crippen LogP contribution is 2.15. The average Bonchev–Trinajstić information content (AvgIpc) is 2.72. The second kappa shape index (κ2) is 6.01. The van der Waals surface area contributed by atoms with Crippen LogP contribution in [0.15, 0.2) is 24.3 Å². The van der Waals surface area contributed by atoms with E-state index in [9.17, 15) is 0 Å². The molecule has 0 radical (unpaired) electrons. The van der Waals surface area contributed by atoms with Crippen molar-refractivity contribution >= 4 is 11.0 Å². The van der Waals surface area contributed by atoms with Crippen molar-refractivity contribution in [2.24, 2.45) is 5.92 Å². The van der Waals surface area contributed by atoms with Crippen LogP contribution in [0.1, 0.15) is 26.6 Å². The minimum absolute atomic E-state index is 0.704. The maximum absolute atomic E-state index is 4.68. The van der Waals surface area contributed by atoms with Crippen molar-refractivity contribution < 1.29 is 0 Å². The molecule has 3 nitrogen and oxygen atoms in total. The molecule has 0 saturated carbocycles. The first-order valence-electron chi connectivity index (χ1n) is 6.87. The Morgan fingerprint density at radius 2 is 2.06 bits per heavy atom. The van der Waals surface area contributed by atoms with Gasteiger partial charge in [0.25, 0.3) is 0 Å². The Morgan fingerprint density at radius 1 is 1.28 bits per heavy atom. The highest BCUT2D eigenvalue weighted by molar-refractivity contribution is 5.75. The normalized spacial score (nSPS) is 11.6. The van der Waals surface area contributed by atoms with Crippen molar-refractivity contribution in [3.63, 3.8) is 0 Å². The van der Waals surface area contributed by atoms with Crippen LogP contribution in [-0.4, -0.2) is 22.6 Å². The van der Waals surface area contributed by atoms with Crippen LogP contribution in [0.3, 0.4) is 0 Å². The summed E-state index contributed by atoms with van der Waals surface area (Å²) in [5.74, 6) is 1.89. The quantitative estimate of drug-likeness (QED) is 0.793. The third kappa shape index (κ3) is 2.91. The molecule has 1 aromatic heterocycles. The van der Waals surface area contributed by atoms with Crippen LogP contribution >= 0.6 is 0 Å². The van der Waals surface area contributed by atoms with Gasteiger partial charge in [0.05, 0.1) is 11.0 Å². The standard InChI is InChI=1S/C15H23N3/c1-4-15-17-13-7-5-6-8-14(13)18(15)10-9-16-11-12(2)3/h5-8,12,16H,4,9-11H2,1-3H3. The van der Waals surface area contributed by atoms with Crippen molar-refractivity contribution in [2.75, 3.05) is 13.1 Å². The van der Waals surface area contributed by atoms with Gasteiger partial charge in [-0.15, -0.1) is 0 Å². The predicted octanol–water partition coefficient (Wildman–Crippen LogP) is 2.84. The first-order chi connectivity index (χ1) is 8.72. The van der Waals surface area contributed by atoms with Crippen molar-refractivity contribution in [2.45, 2.75) is 33.7 Å². The minimum Gasteiger partial charge on any atom is -0.327 e. The molecule has 0 atom stereocenters. The summed E-state index contributed by atoms with van der Waals surface area (Å²) in [5.41, 5.74) is 2.36. The minimum atomic E-state index is 0.704. The number of benzene rings is 1. The summed E-state index contributed by atoms with van der Waals surface area (Å²) >= 11 is 0. The lowest BCUT2D eigenvalue weighted by Crippen LogP contribution is -2.24. The zero-order valence-electron chi connectivity index (χ0n) is 11.6. The SMILES string of the molecule is CCc1nc2ccccc2n1CCNCC(C)C. The van der Waals surface area contributed by atoms with Crippen LogP contribution in [-0.2, 0) is 13.0 Å².